The van der Waals surface area contributed by atoms with Gasteiger partial charge in [-0.25, -0.2) is 4.98 Å². The number of rotatable bonds is 3. The smallest absolute Gasteiger partial charge is 0.185 e. The lowest BCUT2D eigenvalue weighted by molar-refractivity contribution is 0.00337. The predicted octanol–water partition coefficient (Wildman–Crippen LogP) is 2.11. The first kappa shape index (κ1) is 10.9. The number of hydrogen-bond acceptors (Lipinski definition) is 4. The number of nitrogens with zero attached hydrogens (tertiary/aromatic N) is 2. The Hall–Kier alpha value is -0.610. The summed E-state index contributed by atoms with van der Waals surface area (Å²) in [7, 11) is 0. The van der Waals surface area contributed by atoms with Crippen LogP contribution in [0.15, 0.2) is 0 Å². The molecule has 0 amide bonds. The molecule has 2 rings (SSSR count). The molecule has 0 spiro atoms. The maximum atomic E-state index is 10.1. The highest BCUT2D eigenvalue weighted by atomic mass is 32.1. The minimum absolute atomic E-state index is 0.456. The molecule has 0 aliphatic carbocycles. The van der Waals surface area contributed by atoms with Gasteiger partial charge in [0, 0.05) is 4.88 Å². The summed E-state index contributed by atoms with van der Waals surface area (Å²) in [5.74, 6) is 0. The quantitative estimate of drug-likeness (QED) is 0.857. The Morgan fingerprint density at radius 1 is 1.47 bits per heavy atom. The topological polar surface area (TPSA) is 36.4 Å². The van der Waals surface area contributed by atoms with Crippen LogP contribution in [0.1, 0.15) is 30.3 Å². The Morgan fingerprint density at radius 2 is 2.13 bits per heavy atom. The number of hydrogen-bond donors (Lipinski definition) is 1. The van der Waals surface area contributed by atoms with Crippen LogP contribution in [0.4, 0.5) is 5.13 Å². The number of aryl methyl sites for hydroxylation is 2. The average Bonchev–Trinajstić information content (AvgIpc) is 2.43. The third-order valence-electron chi connectivity index (χ3n) is 2.97. The Kier molecular flexibility index (Phi) is 2.73. The summed E-state index contributed by atoms with van der Waals surface area (Å²) in [6, 6.07) is 0. The normalized spacial score (nSPS) is 19.1. The van der Waals surface area contributed by atoms with Gasteiger partial charge in [0.05, 0.1) is 24.4 Å². The van der Waals surface area contributed by atoms with E-state index in [1.54, 1.807) is 11.3 Å². The second-order valence-corrected chi connectivity index (χ2v) is 5.65. The van der Waals surface area contributed by atoms with Crippen LogP contribution in [0.25, 0.3) is 0 Å². The summed E-state index contributed by atoms with van der Waals surface area (Å²) < 4.78 is 0. The lowest BCUT2D eigenvalue weighted by atomic mass is 9.90. The van der Waals surface area contributed by atoms with E-state index in [9.17, 15) is 5.11 Å². The summed E-state index contributed by atoms with van der Waals surface area (Å²) in [4.78, 5) is 7.93. The van der Waals surface area contributed by atoms with Gasteiger partial charge in [0.1, 0.15) is 0 Å². The SMILES string of the molecule is CCCC1(O)CN(c2nc(C)c(C)s2)C1. The van der Waals surface area contributed by atoms with Crippen LogP contribution in [-0.4, -0.2) is 28.8 Å². The maximum absolute atomic E-state index is 10.1. The Bertz CT molecular complexity index is 336. The van der Waals surface area contributed by atoms with E-state index in [4.69, 9.17) is 0 Å². The van der Waals surface area contributed by atoms with Crippen molar-refractivity contribution in [1.29, 1.82) is 0 Å². The van der Waals surface area contributed by atoms with Crippen LogP contribution < -0.4 is 4.90 Å². The van der Waals surface area contributed by atoms with Crippen LogP contribution in [0.5, 0.6) is 0 Å². The van der Waals surface area contributed by atoms with Gasteiger partial charge in [-0.05, 0) is 20.3 Å². The van der Waals surface area contributed by atoms with Crippen LogP contribution in [0, 0.1) is 13.8 Å². The number of thiazole rings is 1. The zero-order valence-electron chi connectivity index (χ0n) is 9.58. The number of anilines is 1. The first-order valence-corrected chi connectivity index (χ1v) is 6.27. The molecule has 2 heterocycles. The first-order valence-electron chi connectivity index (χ1n) is 5.45. The van der Waals surface area contributed by atoms with Crippen molar-refractivity contribution >= 4 is 16.5 Å². The van der Waals surface area contributed by atoms with Crippen molar-refractivity contribution < 1.29 is 5.11 Å². The van der Waals surface area contributed by atoms with E-state index in [0.717, 1.165) is 36.8 Å². The minimum atomic E-state index is -0.456. The third kappa shape index (κ3) is 2.01. The molecule has 4 heteroatoms. The Balaban J connectivity index is 1.99. The van der Waals surface area contributed by atoms with Gasteiger partial charge in [-0.2, -0.15) is 0 Å². The van der Waals surface area contributed by atoms with Gasteiger partial charge in [0.25, 0.3) is 0 Å². The van der Waals surface area contributed by atoms with Crippen molar-refractivity contribution in [3.8, 4) is 0 Å². The van der Waals surface area contributed by atoms with Gasteiger partial charge < -0.3 is 10.0 Å². The van der Waals surface area contributed by atoms with Crippen LogP contribution in [-0.2, 0) is 0 Å². The van der Waals surface area contributed by atoms with E-state index in [1.165, 1.54) is 4.88 Å². The fourth-order valence-corrected chi connectivity index (χ4v) is 2.92. The van der Waals surface area contributed by atoms with Gasteiger partial charge >= 0.3 is 0 Å². The maximum Gasteiger partial charge on any atom is 0.185 e. The van der Waals surface area contributed by atoms with Crippen molar-refractivity contribution in [2.45, 2.75) is 39.2 Å². The fourth-order valence-electron chi connectivity index (χ4n) is 2.01. The average molecular weight is 226 g/mol. The van der Waals surface area contributed by atoms with E-state index in [1.807, 2.05) is 6.92 Å². The van der Waals surface area contributed by atoms with E-state index >= 15 is 0 Å². The second-order valence-electron chi connectivity index (χ2n) is 4.47. The van der Waals surface area contributed by atoms with Gasteiger partial charge in [0.2, 0.25) is 0 Å². The Morgan fingerprint density at radius 3 is 2.60 bits per heavy atom. The molecule has 0 saturated carbocycles. The molecule has 1 aliphatic rings. The molecule has 1 aromatic heterocycles. The molecule has 0 atom stereocenters. The van der Waals surface area contributed by atoms with E-state index < -0.39 is 5.60 Å². The predicted molar refractivity (Wildman–Crippen MR) is 63.7 cm³/mol. The molecule has 1 aliphatic heterocycles. The van der Waals surface area contributed by atoms with Gasteiger partial charge in [0.15, 0.2) is 5.13 Å². The molecule has 0 aromatic carbocycles. The highest BCUT2D eigenvalue weighted by Gasteiger charge is 2.41. The number of aromatic nitrogens is 1. The van der Waals surface area contributed by atoms with Crippen LogP contribution in [0.2, 0.25) is 0 Å². The highest BCUT2D eigenvalue weighted by Crippen LogP contribution is 2.34. The molecule has 0 bridgehead atoms. The molecule has 15 heavy (non-hydrogen) atoms. The first-order chi connectivity index (χ1) is 7.04. The standard InChI is InChI=1S/C11H18N2OS/c1-4-5-11(14)6-13(7-11)10-12-8(2)9(3)15-10/h14H,4-7H2,1-3H3. The van der Waals surface area contributed by atoms with Crippen LogP contribution in [0.3, 0.4) is 0 Å². The highest BCUT2D eigenvalue weighted by molar-refractivity contribution is 7.15. The van der Waals surface area contributed by atoms with E-state index in [0.29, 0.717) is 0 Å². The molecule has 0 unspecified atom stereocenters. The fraction of sp³-hybridized carbons (Fsp3) is 0.727. The third-order valence-corrected chi connectivity index (χ3v) is 4.11. The van der Waals surface area contributed by atoms with Gasteiger partial charge in [-0.3, -0.25) is 0 Å². The lowest BCUT2D eigenvalue weighted by Gasteiger charge is -2.46. The molecule has 3 nitrogen and oxygen atoms in total. The van der Waals surface area contributed by atoms with E-state index in [-0.39, 0.29) is 0 Å². The molecular weight excluding hydrogens is 208 g/mol. The summed E-state index contributed by atoms with van der Waals surface area (Å²) >= 11 is 1.72. The van der Waals surface area contributed by atoms with Crippen LogP contribution >= 0.6 is 11.3 Å². The number of aliphatic hydroxyl groups is 1. The summed E-state index contributed by atoms with van der Waals surface area (Å²) in [5.41, 5.74) is 0.656. The molecule has 1 aromatic rings. The van der Waals surface area contributed by atoms with Crippen molar-refractivity contribution in [1.82, 2.24) is 4.98 Å². The Labute approximate surface area is 94.8 Å². The summed E-state index contributed by atoms with van der Waals surface area (Å²) in [6.45, 7) is 7.72. The molecule has 1 saturated heterocycles. The van der Waals surface area contributed by atoms with Crippen molar-refractivity contribution in [3.63, 3.8) is 0 Å². The van der Waals surface area contributed by atoms with E-state index in [2.05, 4.69) is 23.7 Å². The second kappa shape index (κ2) is 3.76. The van der Waals surface area contributed by atoms with Gasteiger partial charge in [-0.1, -0.05) is 13.3 Å². The monoisotopic (exact) mass is 226 g/mol. The molecule has 1 fully saturated rings. The lowest BCUT2D eigenvalue weighted by Crippen LogP contribution is -2.61. The molecular formula is C11H18N2OS. The minimum Gasteiger partial charge on any atom is -0.386 e. The molecule has 1 N–H and O–H groups in total. The van der Waals surface area contributed by atoms with Crippen molar-refractivity contribution in [2.75, 3.05) is 18.0 Å². The zero-order chi connectivity index (χ0) is 11.1. The summed E-state index contributed by atoms with van der Waals surface area (Å²) in [5, 5.41) is 11.1. The number of β-amino-alcohol motifs (C(OH)–C–C–N with tert-alkyl or cyclic N) is 1. The van der Waals surface area contributed by atoms with Crippen molar-refractivity contribution in [3.05, 3.63) is 10.6 Å². The molecule has 0 radical (unpaired) electrons. The molecule has 84 valence electrons. The van der Waals surface area contributed by atoms with Crippen molar-refractivity contribution in [2.24, 2.45) is 0 Å². The zero-order valence-corrected chi connectivity index (χ0v) is 10.4. The van der Waals surface area contributed by atoms with Gasteiger partial charge in [-0.15, -0.1) is 11.3 Å². The largest absolute Gasteiger partial charge is 0.386 e. The summed E-state index contributed by atoms with van der Waals surface area (Å²) in [6.07, 6.45) is 1.94.